The molecular weight excluding hydrogens is 299 g/mol. The van der Waals surface area contributed by atoms with E-state index in [-0.39, 0.29) is 0 Å². The highest BCUT2D eigenvalue weighted by Crippen LogP contribution is 2.45. The van der Waals surface area contributed by atoms with E-state index in [1.165, 1.54) is 0 Å². The molecule has 0 aromatic heterocycles. The van der Waals surface area contributed by atoms with Crippen LogP contribution in [0.1, 0.15) is 13.3 Å². The topological polar surface area (TPSA) is 62.2 Å². The van der Waals surface area contributed by atoms with Crippen LogP contribution < -0.4 is 0 Å². The van der Waals surface area contributed by atoms with Crippen LogP contribution in [-0.4, -0.2) is 40.4 Å². The molecule has 2 aliphatic heterocycles. The molecule has 0 aromatic rings. The van der Waals surface area contributed by atoms with E-state index in [1.54, 1.807) is 17.1 Å². The van der Waals surface area contributed by atoms with Crippen molar-refractivity contribution in [3.05, 3.63) is 10.2 Å². The van der Waals surface area contributed by atoms with Crippen molar-refractivity contribution in [2.24, 2.45) is 0 Å². The molecule has 5 heteroatoms. The lowest BCUT2D eigenvalue weighted by molar-refractivity contribution is -0.272. The number of aliphatic hydroxyl groups excluding tert-OH is 1. The largest absolute Gasteiger partial charge is 0.387 e. The van der Waals surface area contributed by atoms with E-state index in [4.69, 9.17) is 9.47 Å². The minimum atomic E-state index is -1.21. The van der Waals surface area contributed by atoms with E-state index in [1.807, 2.05) is 22.6 Å². The van der Waals surface area contributed by atoms with Gasteiger partial charge in [-0.2, -0.15) is 0 Å². The molecule has 0 bridgehead atoms. The lowest BCUT2D eigenvalue weighted by atomic mass is 9.88. The maximum absolute atomic E-state index is 9.91. The predicted octanol–water partition coefficient (Wildman–Crippen LogP) is 0.562. The molecule has 0 saturated carbocycles. The van der Waals surface area contributed by atoms with E-state index in [0.717, 1.165) is 0 Å². The van der Waals surface area contributed by atoms with Crippen LogP contribution in [0, 0.1) is 0 Å². The molecule has 2 rings (SSSR count). The second-order valence-electron chi connectivity index (χ2n) is 4.05. The highest BCUT2D eigenvalue weighted by atomic mass is 127. The zero-order valence-corrected chi connectivity index (χ0v) is 9.97. The summed E-state index contributed by atoms with van der Waals surface area (Å²) in [5.74, 6) is -1.21. The second kappa shape index (κ2) is 3.41. The maximum atomic E-state index is 9.91. The summed E-state index contributed by atoms with van der Waals surface area (Å²) in [5, 5.41) is 19.7. The van der Waals surface area contributed by atoms with Crippen molar-refractivity contribution in [1.82, 2.24) is 0 Å². The van der Waals surface area contributed by atoms with Crippen LogP contribution >= 0.6 is 22.6 Å². The Morgan fingerprint density at radius 1 is 1.57 bits per heavy atom. The molecule has 2 fully saturated rings. The van der Waals surface area contributed by atoms with Gasteiger partial charge in [-0.05, 0) is 17.1 Å². The molecular formula is C9H13IO4. The Balaban J connectivity index is 2.18. The smallest absolute Gasteiger partial charge is 0.166 e. The van der Waals surface area contributed by atoms with Crippen LogP contribution in [-0.2, 0) is 9.47 Å². The van der Waals surface area contributed by atoms with Gasteiger partial charge in [0.15, 0.2) is 5.79 Å². The predicted molar refractivity (Wildman–Crippen MR) is 58.0 cm³/mol. The minimum Gasteiger partial charge on any atom is -0.387 e. The van der Waals surface area contributed by atoms with Gasteiger partial charge in [-0.25, -0.2) is 0 Å². The van der Waals surface area contributed by atoms with E-state index >= 15 is 0 Å². The first kappa shape index (κ1) is 10.8. The van der Waals surface area contributed by atoms with Gasteiger partial charge < -0.3 is 19.7 Å². The number of halogens is 1. The Morgan fingerprint density at radius 3 is 2.71 bits per heavy atom. The molecule has 0 aliphatic carbocycles. The summed E-state index contributed by atoms with van der Waals surface area (Å²) in [7, 11) is 0. The summed E-state index contributed by atoms with van der Waals surface area (Å²) < 4.78 is 12.3. The standard InChI is InChI=1S/C9H13IO4/c1-8(12)4-9(5-13-9)7(11)6(14-8)2-3-10/h2-3,6-7,11-12H,4-5H2,1H3/b3-2+/t6-,7-,8+,9-/m1/s1. The molecule has 14 heavy (non-hydrogen) atoms. The molecule has 4 nitrogen and oxygen atoms in total. The maximum Gasteiger partial charge on any atom is 0.166 e. The summed E-state index contributed by atoms with van der Waals surface area (Å²) in [5.41, 5.74) is -0.581. The molecule has 0 radical (unpaired) electrons. The normalized spacial score (nSPS) is 52.9. The van der Waals surface area contributed by atoms with Crippen LogP contribution in [0.3, 0.4) is 0 Å². The highest BCUT2D eigenvalue weighted by molar-refractivity contribution is 14.1. The van der Waals surface area contributed by atoms with Crippen LogP contribution in [0.4, 0.5) is 0 Å². The van der Waals surface area contributed by atoms with Gasteiger partial charge in [0.25, 0.3) is 0 Å². The Morgan fingerprint density at radius 2 is 2.21 bits per heavy atom. The first-order valence-electron chi connectivity index (χ1n) is 4.48. The Hall–Kier alpha value is 0.310. The number of ether oxygens (including phenoxy) is 2. The van der Waals surface area contributed by atoms with Crippen molar-refractivity contribution in [1.29, 1.82) is 0 Å². The van der Waals surface area contributed by atoms with Crippen molar-refractivity contribution in [3.8, 4) is 0 Å². The molecule has 2 saturated heterocycles. The van der Waals surface area contributed by atoms with Crippen LogP contribution in [0.5, 0.6) is 0 Å². The molecule has 80 valence electrons. The Bertz CT molecular complexity index is 260. The number of hydrogen-bond acceptors (Lipinski definition) is 4. The van der Waals surface area contributed by atoms with Gasteiger partial charge in [0.1, 0.15) is 17.8 Å². The molecule has 1 spiro atoms. The number of epoxide rings is 1. The first-order valence-corrected chi connectivity index (χ1v) is 5.73. The molecule has 2 N–H and O–H groups in total. The second-order valence-corrected chi connectivity index (χ2v) is 4.77. The van der Waals surface area contributed by atoms with Crippen LogP contribution in [0.25, 0.3) is 0 Å². The van der Waals surface area contributed by atoms with Gasteiger partial charge in [-0.1, -0.05) is 22.6 Å². The molecule has 0 unspecified atom stereocenters. The quantitative estimate of drug-likeness (QED) is 0.549. The van der Waals surface area contributed by atoms with Gasteiger partial charge in [-0.15, -0.1) is 0 Å². The van der Waals surface area contributed by atoms with Gasteiger partial charge in [0.2, 0.25) is 0 Å². The number of aliphatic hydroxyl groups is 2. The van der Waals surface area contributed by atoms with Crippen molar-refractivity contribution in [2.75, 3.05) is 6.61 Å². The van der Waals surface area contributed by atoms with Crippen molar-refractivity contribution >= 4 is 22.6 Å². The Kier molecular flexibility index (Phi) is 2.64. The van der Waals surface area contributed by atoms with Crippen LogP contribution in [0.15, 0.2) is 10.2 Å². The first-order chi connectivity index (χ1) is 6.49. The SMILES string of the molecule is C[C@@]1(O)C[C@@]2(CO2)[C@H](O)[C@@H](/C=C/I)O1. The molecule has 0 aromatic carbocycles. The third-order valence-electron chi connectivity index (χ3n) is 2.64. The fraction of sp³-hybridized carbons (Fsp3) is 0.778. The summed E-state index contributed by atoms with van der Waals surface area (Å²) in [4.78, 5) is 0. The van der Waals surface area contributed by atoms with E-state index in [0.29, 0.717) is 13.0 Å². The molecule has 2 aliphatic rings. The molecule has 0 amide bonds. The lowest BCUT2D eigenvalue weighted by Gasteiger charge is -2.40. The van der Waals surface area contributed by atoms with Crippen molar-refractivity contribution in [3.63, 3.8) is 0 Å². The van der Waals surface area contributed by atoms with Crippen molar-refractivity contribution < 1.29 is 19.7 Å². The van der Waals surface area contributed by atoms with Gasteiger partial charge in [0, 0.05) is 6.42 Å². The van der Waals surface area contributed by atoms with Gasteiger partial charge in [0.05, 0.1) is 6.61 Å². The van der Waals surface area contributed by atoms with E-state index in [9.17, 15) is 10.2 Å². The summed E-state index contributed by atoms with van der Waals surface area (Å²) in [6, 6.07) is 0. The van der Waals surface area contributed by atoms with Gasteiger partial charge in [-0.3, -0.25) is 0 Å². The zero-order valence-electron chi connectivity index (χ0n) is 7.81. The van der Waals surface area contributed by atoms with Crippen molar-refractivity contribution in [2.45, 2.75) is 36.9 Å². The zero-order chi connectivity index (χ0) is 10.4. The average molecular weight is 312 g/mol. The molecule has 2 heterocycles. The third-order valence-corrected chi connectivity index (χ3v) is 3.06. The third kappa shape index (κ3) is 1.83. The summed E-state index contributed by atoms with van der Waals surface area (Å²) >= 11 is 2.05. The fourth-order valence-electron chi connectivity index (χ4n) is 1.94. The highest BCUT2D eigenvalue weighted by Gasteiger charge is 2.61. The minimum absolute atomic E-state index is 0.326. The fourth-order valence-corrected chi connectivity index (χ4v) is 2.35. The average Bonchev–Trinajstić information content (AvgIpc) is 2.80. The summed E-state index contributed by atoms with van der Waals surface area (Å²) in [6.07, 6.45) is 0.876. The monoisotopic (exact) mass is 312 g/mol. The number of rotatable bonds is 1. The van der Waals surface area contributed by atoms with Gasteiger partial charge >= 0.3 is 0 Å². The van der Waals surface area contributed by atoms with E-state index in [2.05, 4.69) is 0 Å². The Labute approximate surface area is 96.0 Å². The number of hydrogen-bond donors (Lipinski definition) is 2. The van der Waals surface area contributed by atoms with E-state index < -0.39 is 23.6 Å². The van der Waals surface area contributed by atoms with Crippen LogP contribution in [0.2, 0.25) is 0 Å². The summed E-state index contributed by atoms with van der Waals surface area (Å²) in [6.45, 7) is 2.09. The molecule has 4 atom stereocenters. The lowest BCUT2D eigenvalue weighted by Crippen LogP contribution is -2.54.